The molecule has 0 radical (unpaired) electrons. The maximum atomic E-state index is 13.5. The fourth-order valence-corrected chi connectivity index (χ4v) is 5.62. The highest BCUT2D eigenvalue weighted by Crippen LogP contribution is 2.15. The minimum Gasteiger partial charge on any atom is -0.425 e. The lowest BCUT2D eigenvalue weighted by molar-refractivity contribution is -0.123. The second-order valence-electron chi connectivity index (χ2n) is 12.3. The van der Waals surface area contributed by atoms with E-state index >= 15 is 0 Å². The van der Waals surface area contributed by atoms with Gasteiger partial charge in [0.25, 0.3) is 28.5 Å². The van der Waals surface area contributed by atoms with E-state index in [1.807, 2.05) is 4.90 Å². The summed E-state index contributed by atoms with van der Waals surface area (Å²) in [5.41, 5.74) is -1.87. The molecule has 3 aromatic heterocycles. The number of nitrogens with one attached hydrogen (secondary N) is 1. The Bertz CT molecular complexity index is 2050. The molecule has 0 aromatic carbocycles. The molecular weight excluding hydrogens is 690 g/mol. The SMILES string of the molecule is C=C1C=CC=C(C(=O)NCCCN(CCCCN(CCCCC(=O)c2cccc(=O)n2O)C(=O)c2cccc(=O)n2O)Cc2cccc(=O)n2O)N1O. The Morgan fingerprint density at radius 1 is 0.698 bits per heavy atom. The van der Waals surface area contributed by atoms with E-state index in [1.165, 1.54) is 47.4 Å². The molecule has 3 aromatic rings. The van der Waals surface area contributed by atoms with Crippen LogP contribution in [0.1, 0.15) is 65.2 Å². The number of carbonyl (C=O) groups excluding carboxylic acids is 3. The first kappa shape index (κ1) is 39.6. The van der Waals surface area contributed by atoms with Crippen LogP contribution in [0.4, 0.5) is 0 Å². The summed E-state index contributed by atoms with van der Waals surface area (Å²) in [6.07, 6.45) is 6.76. The number of pyridine rings is 3. The number of hydrogen-bond donors (Lipinski definition) is 5. The zero-order chi connectivity index (χ0) is 38.5. The molecule has 282 valence electrons. The summed E-state index contributed by atoms with van der Waals surface area (Å²) >= 11 is 0. The smallest absolute Gasteiger partial charge is 0.283 e. The number of carbonyl (C=O) groups is 3. The molecule has 0 aliphatic carbocycles. The standard InChI is InChI=1S/C36H43N7O10/c1-26-11-6-14-29(40(26)50)35(48)37-20-10-22-38(25-27-12-7-17-32(45)41(27)51)21-4-5-24-39(36(49)30-15-9-19-34(47)43(30)53)23-3-2-16-31(44)28-13-8-18-33(46)42(28)52/h6-9,11-15,17-19,50-53H,1-5,10,16,20-25H2,(H,37,48). The first-order chi connectivity index (χ1) is 25.4. The van der Waals surface area contributed by atoms with E-state index in [0.717, 1.165) is 12.1 Å². The Morgan fingerprint density at radius 3 is 1.96 bits per heavy atom. The van der Waals surface area contributed by atoms with Crippen LogP contribution in [0.5, 0.6) is 0 Å². The van der Waals surface area contributed by atoms with Crippen molar-refractivity contribution in [2.45, 2.75) is 45.1 Å². The first-order valence-electron chi connectivity index (χ1n) is 17.0. The van der Waals surface area contributed by atoms with Gasteiger partial charge >= 0.3 is 0 Å². The van der Waals surface area contributed by atoms with Gasteiger partial charge in [-0.3, -0.25) is 38.9 Å². The maximum absolute atomic E-state index is 13.5. The monoisotopic (exact) mass is 733 g/mol. The van der Waals surface area contributed by atoms with Gasteiger partial charge < -0.3 is 25.8 Å². The van der Waals surface area contributed by atoms with Gasteiger partial charge in [0, 0.05) is 57.3 Å². The molecule has 0 atom stereocenters. The van der Waals surface area contributed by atoms with Crippen molar-refractivity contribution < 1.29 is 35.2 Å². The molecule has 5 N–H and O–H groups in total. The van der Waals surface area contributed by atoms with E-state index in [4.69, 9.17) is 0 Å². The summed E-state index contributed by atoms with van der Waals surface area (Å²) < 4.78 is 1.13. The van der Waals surface area contributed by atoms with Crippen LogP contribution in [0.3, 0.4) is 0 Å². The van der Waals surface area contributed by atoms with Gasteiger partial charge in [0.15, 0.2) is 5.78 Å². The van der Waals surface area contributed by atoms with Crippen molar-refractivity contribution in [2.24, 2.45) is 0 Å². The maximum Gasteiger partial charge on any atom is 0.283 e. The van der Waals surface area contributed by atoms with E-state index in [0.29, 0.717) is 65.4 Å². The Morgan fingerprint density at radius 2 is 1.26 bits per heavy atom. The van der Waals surface area contributed by atoms with Crippen molar-refractivity contribution >= 4 is 17.6 Å². The average Bonchev–Trinajstić information content (AvgIpc) is 3.14. The van der Waals surface area contributed by atoms with Crippen LogP contribution in [0.15, 0.2) is 105 Å². The molecule has 0 fully saturated rings. The topological polar surface area (TPSA) is 220 Å². The molecule has 17 heteroatoms. The Hall–Kier alpha value is -6.20. The van der Waals surface area contributed by atoms with Gasteiger partial charge in [-0.2, -0.15) is 4.73 Å². The number of hydroxylamine groups is 2. The van der Waals surface area contributed by atoms with Crippen LogP contribution < -0.4 is 22.0 Å². The predicted octanol–water partition coefficient (Wildman–Crippen LogP) is 1.83. The van der Waals surface area contributed by atoms with E-state index in [-0.39, 0.29) is 60.1 Å². The van der Waals surface area contributed by atoms with Crippen molar-refractivity contribution in [3.63, 3.8) is 0 Å². The molecule has 53 heavy (non-hydrogen) atoms. The van der Waals surface area contributed by atoms with Crippen molar-refractivity contribution in [3.05, 3.63) is 139 Å². The van der Waals surface area contributed by atoms with Crippen LogP contribution in [-0.2, 0) is 11.3 Å². The molecule has 4 heterocycles. The molecule has 0 saturated carbocycles. The molecule has 0 saturated heterocycles. The molecule has 17 nitrogen and oxygen atoms in total. The quantitative estimate of drug-likeness (QED) is 0.0677. The zero-order valence-electron chi connectivity index (χ0n) is 29.0. The zero-order valence-corrected chi connectivity index (χ0v) is 29.0. The second kappa shape index (κ2) is 18.9. The average molecular weight is 734 g/mol. The fourth-order valence-electron chi connectivity index (χ4n) is 5.62. The van der Waals surface area contributed by atoms with E-state index < -0.39 is 34.3 Å². The van der Waals surface area contributed by atoms with E-state index in [2.05, 4.69) is 11.9 Å². The lowest BCUT2D eigenvalue weighted by atomic mass is 10.1. The fraction of sp³-hybridized carbons (Fsp3) is 0.333. The molecule has 2 amide bonds. The third-order valence-electron chi connectivity index (χ3n) is 8.49. The number of amides is 2. The van der Waals surface area contributed by atoms with Crippen molar-refractivity contribution in [3.8, 4) is 0 Å². The van der Waals surface area contributed by atoms with Gasteiger partial charge in [0.2, 0.25) is 0 Å². The number of ketones is 1. The molecule has 4 rings (SSSR count). The number of allylic oxidation sites excluding steroid dienone is 3. The number of unbranched alkanes of at least 4 members (excludes halogenated alkanes) is 2. The second-order valence-corrected chi connectivity index (χ2v) is 12.3. The van der Waals surface area contributed by atoms with Gasteiger partial charge in [-0.25, -0.2) is 5.06 Å². The van der Waals surface area contributed by atoms with Crippen LogP contribution in [0.25, 0.3) is 0 Å². The summed E-state index contributed by atoms with van der Waals surface area (Å²) in [4.78, 5) is 78.0. The molecule has 0 unspecified atom stereocenters. The van der Waals surface area contributed by atoms with Gasteiger partial charge in [-0.1, -0.05) is 30.9 Å². The summed E-state index contributed by atoms with van der Waals surface area (Å²) in [5.74, 6) is -1.55. The number of nitrogens with zero attached hydrogens (tertiary/aromatic N) is 6. The Labute approximate surface area is 303 Å². The first-order valence-corrected chi connectivity index (χ1v) is 17.0. The largest absolute Gasteiger partial charge is 0.425 e. The van der Waals surface area contributed by atoms with Crippen LogP contribution in [-0.4, -0.2) is 100 Å². The normalized spacial score (nSPS) is 12.5. The lowest BCUT2D eigenvalue weighted by Gasteiger charge is -2.26. The lowest BCUT2D eigenvalue weighted by Crippen LogP contribution is -2.37. The van der Waals surface area contributed by atoms with Crippen molar-refractivity contribution in [1.82, 2.24) is 34.4 Å². The van der Waals surface area contributed by atoms with Crippen molar-refractivity contribution in [1.29, 1.82) is 0 Å². The molecule has 1 aliphatic rings. The summed E-state index contributed by atoms with van der Waals surface area (Å²) in [6, 6.07) is 12.0. The number of rotatable bonds is 19. The minimum absolute atomic E-state index is 0.00484. The number of aromatic nitrogens is 3. The third-order valence-corrected chi connectivity index (χ3v) is 8.49. The molecule has 0 bridgehead atoms. The van der Waals surface area contributed by atoms with Crippen molar-refractivity contribution in [2.75, 3.05) is 32.7 Å². The van der Waals surface area contributed by atoms with Crippen LogP contribution >= 0.6 is 0 Å². The predicted molar refractivity (Wildman–Crippen MR) is 190 cm³/mol. The third kappa shape index (κ3) is 10.7. The summed E-state index contributed by atoms with van der Waals surface area (Å²) in [6.45, 7) is 5.41. The van der Waals surface area contributed by atoms with Gasteiger partial charge in [-0.05, 0) is 69.0 Å². The van der Waals surface area contributed by atoms with E-state index in [1.54, 1.807) is 18.2 Å². The van der Waals surface area contributed by atoms with Crippen LogP contribution in [0, 0.1) is 0 Å². The Balaban J connectivity index is 1.37. The number of hydrogen-bond acceptors (Lipinski definition) is 12. The van der Waals surface area contributed by atoms with E-state index in [9.17, 15) is 49.6 Å². The summed E-state index contributed by atoms with van der Waals surface area (Å²) in [5, 5.41) is 44.0. The van der Waals surface area contributed by atoms with Crippen LogP contribution in [0.2, 0.25) is 0 Å². The van der Waals surface area contributed by atoms with Gasteiger partial charge in [0.05, 0.1) is 11.4 Å². The van der Waals surface area contributed by atoms with Gasteiger partial charge in [0.1, 0.15) is 17.1 Å². The molecule has 1 aliphatic heterocycles. The highest BCUT2D eigenvalue weighted by atomic mass is 16.5. The van der Waals surface area contributed by atoms with Gasteiger partial charge in [-0.15, -0.1) is 9.46 Å². The summed E-state index contributed by atoms with van der Waals surface area (Å²) in [7, 11) is 0. The number of Topliss-reactive ketones (excluding diaryl/α,β-unsaturated/α-hetero) is 1. The minimum atomic E-state index is -0.777. The molecule has 0 spiro atoms. The highest BCUT2D eigenvalue weighted by Gasteiger charge is 2.21. The molecular formula is C36H43N7O10. The highest BCUT2D eigenvalue weighted by molar-refractivity contribution is 5.94. The Kier molecular flexibility index (Phi) is 14.1.